The molecule has 0 saturated carbocycles. The van der Waals surface area contributed by atoms with Gasteiger partial charge >= 0.3 is 5.97 Å². The Balaban J connectivity index is 1.50. The summed E-state index contributed by atoms with van der Waals surface area (Å²) in [5, 5.41) is 0. The molecule has 0 N–H and O–H groups in total. The molecule has 0 aromatic carbocycles. The highest BCUT2D eigenvalue weighted by Crippen LogP contribution is 2.31. The van der Waals surface area contributed by atoms with Gasteiger partial charge in [0.25, 0.3) is 0 Å². The van der Waals surface area contributed by atoms with Crippen molar-refractivity contribution in [3.05, 3.63) is 96.7 Å². The summed E-state index contributed by atoms with van der Waals surface area (Å²) in [5.41, 5.74) is 1.22. The van der Waals surface area contributed by atoms with Crippen LogP contribution in [0.3, 0.4) is 0 Å². The molecule has 1 unspecified atom stereocenters. The summed E-state index contributed by atoms with van der Waals surface area (Å²) in [7, 11) is 0. The van der Waals surface area contributed by atoms with Crippen LogP contribution in [0.15, 0.2) is 96.7 Å². The van der Waals surface area contributed by atoms with Gasteiger partial charge in [0.1, 0.15) is 18.8 Å². The van der Waals surface area contributed by atoms with Crippen LogP contribution in [0.1, 0.15) is 84.5 Å². The van der Waals surface area contributed by atoms with Crippen molar-refractivity contribution < 1.29 is 19.1 Å². The van der Waals surface area contributed by atoms with Gasteiger partial charge in [-0.25, -0.2) is 0 Å². The number of rotatable bonds is 17. The molecule has 0 bridgehead atoms. The maximum Gasteiger partial charge on any atom is 0.306 e. The minimum absolute atomic E-state index is 0.00914. The van der Waals surface area contributed by atoms with Crippen LogP contribution >= 0.6 is 0 Å². The summed E-state index contributed by atoms with van der Waals surface area (Å²) in [6.07, 6.45) is 40.6. The van der Waals surface area contributed by atoms with Crippen molar-refractivity contribution in [2.24, 2.45) is 5.92 Å². The Morgan fingerprint density at radius 3 is 2.03 bits per heavy atom. The normalized spacial score (nSPS) is 22.5. The van der Waals surface area contributed by atoms with Crippen molar-refractivity contribution >= 4 is 11.8 Å². The molecule has 4 nitrogen and oxygen atoms in total. The molecule has 0 amide bonds. The highest BCUT2D eigenvalue weighted by molar-refractivity contribution is 5.94. The van der Waals surface area contributed by atoms with E-state index >= 15 is 0 Å². The Kier molecular flexibility index (Phi) is 17.3. The fourth-order valence-electron chi connectivity index (χ4n) is 4.51. The fourth-order valence-corrected chi connectivity index (χ4v) is 4.51. The number of allylic oxidation sites excluding steroid dienone is 13. The van der Waals surface area contributed by atoms with Gasteiger partial charge in [0.15, 0.2) is 5.78 Å². The first kappa shape index (κ1) is 32.2. The highest BCUT2D eigenvalue weighted by atomic mass is 16.6. The summed E-state index contributed by atoms with van der Waals surface area (Å²) in [5.74, 6) is -0.105. The molecular weight excluding hydrogens is 484 g/mol. The molecule has 212 valence electrons. The van der Waals surface area contributed by atoms with Gasteiger partial charge in [-0.2, -0.15) is 0 Å². The monoisotopic (exact) mass is 532 g/mol. The third-order valence-electron chi connectivity index (χ3n) is 6.73. The highest BCUT2D eigenvalue weighted by Gasteiger charge is 2.34. The number of ketones is 1. The van der Waals surface area contributed by atoms with Crippen molar-refractivity contribution in [2.75, 3.05) is 6.61 Å². The molecule has 0 aromatic heterocycles. The van der Waals surface area contributed by atoms with E-state index in [1.54, 1.807) is 12.2 Å². The van der Waals surface area contributed by atoms with Crippen LogP contribution < -0.4 is 0 Å². The summed E-state index contributed by atoms with van der Waals surface area (Å²) < 4.78 is 11.4. The lowest BCUT2D eigenvalue weighted by Gasteiger charge is -2.33. The summed E-state index contributed by atoms with van der Waals surface area (Å²) in [6, 6.07) is 0. The molecule has 3 atom stereocenters. The molecule has 0 saturated heterocycles. The van der Waals surface area contributed by atoms with Crippen molar-refractivity contribution in [3.63, 3.8) is 0 Å². The van der Waals surface area contributed by atoms with E-state index in [1.165, 1.54) is 5.57 Å². The maximum atomic E-state index is 12.4. The molecule has 0 aromatic rings. The third kappa shape index (κ3) is 14.7. The van der Waals surface area contributed by atoms with Crippen LogP contribution in [0, 0.1) is 5.92 Å². The molecule has 1 heterocycles. The van der Waals surface area contributed by atoms with Gasteiger partial charge < -0.3 is 9.47 Å². The molecule has 2 aliphatic rings. The molecule has 2 rings (SSSR count). The van der Waals surface area contributed by atoms with Crippen LogP contribution in [-0.2, 0) is 19.1 Å². The van der Waals surface area contributed by atoms with Gasteiger partial charge in [-0.15, -0.1) is 0 Å². The number of hydrogen-bond acceptors (Lipinski definition) is 4. The van der Waals surface area contributed by atoms with Crippen LogP contribution in [0.2, 0.25) is 0 Å². The Morgan fingerprint density at radius 1 is 0.897 bits per heavy atom. The second kappa shape index (κ2) is 20.9. The summed E-state index contributed by atoms with van der Waals surface area (Å²) in [4.78, 5) is 24.5. The van der Waals surface area contributed by atoms with Gasteiger partial charge in [-0.05, 0) is 83.3 Å². The van der Waals surface area contributed by atoms with Crippen molar-refractivity contribution in [1.82, 2.24) is 0 Å². The van der Waals surface area contributed by atoms with Crippen LogP contribution in [-0.4, -0.2) is 30.6 Å². The Morgan fingerprint density at radius 2 is 1.46 bits per heavy atom. The van der Waals surface area contributed by atoms with E-state index in [0.29, 0.717) is 12.8 Å². The van der Waals surface area contributed by atoms with Crippen molar-refractivity contribution in [3.8, 4) is 0 Å². The number of carbonyl (C=O) groups excluding carboxylic acids is 2. The molecule has 0 spiro atoms. The number of carbonyl (C=O) groups is 2. The lowest BCUT2D eigenvalue weighted by atomic mass is 9.82. The Hall–Kier alpha value is -2.98. The first-order valence-corrected chi connectivity index (χ1v) is 14.7. The first-order chi connectivity index (χ1) is 19.1. The second-order valence-corrected chi connectivity index (χ2v) is 9.98. The predicted molar refractivity (Wildman–Crippen MR) is 162 cm³/mol. The van der Waals surface area contributed by atoms with E-state index < -0.39 is 6.10 Å². The zero-order valence-corrected chi connectivity index (χ0v) is 24.0. The Bertz CT molecular complexity index is 957. The van der Waals surface area contributed by atoms with E-state index in [4.69, 9.17) is 9.47 Å². The molecule has 0 fully saturated rings. The summed E-state index contributed by atoms with van der Waals surface area (Å²) >= 11 is 0. The number of hydrogen-bond donors (Lipinski definition) is 0. The molecule has 4 heteroatoms. The van der Waals surface area contributed by atoms with Crippen molar-refractivity contribution in [2.45, 2.75) is 96.7 Å². The minimum atomic E-state index is -0.464. The Labute approximate surface area is 236 Å². The van der Waals surface area contributed by atoms with E-state index in [1.807, 2.05) is 6.08 Å². The van der Waals surface area contributed by atoms with E-state index in [-0.39, 0.29) is 30.4 Å². The topological polar surface area (TPSA) is 52.6 Å². The van der Waals surface area contributed by atoms with Crippen LogP contribution in [0.4, 0.5) is 0 Å². The molecular formula is C35H48O4. The standard InChI is InChI=1S/C35H48O4/c1-3-4-5-6-7-8-9-10-11-12-13-14-15-16-17-18-19-20-21-26-34(37)38-29-31-27-28-33(36)35(39-31)32-25-23-22-24-30(32)2/h4-5,7-8,10-11,13-14,16-17,19-20,24,27-28,31-32,35H,3,6,9,12,15,18,21-23,25-26,29H2,1-2H3/b5-4-,8-7-,11-10-,14-13-,17-16-,20-19-/t31-,32?,35+/m0/s1. The fraction of sp³-hybridized carbons (Fsp3) is 0.486. The zero-order valence-electron chi connectivity index (χ0n) is 24.0. The zero-order chi connectivity index (χ0) is 28.0. The first-order valence-electron chi connectivity index (χ1n) is 14.7. The molecule has 39 heavy (non-hydrogen) atoms. The van der Waals surface area contributed by atoms with E-state index in [2.05, 4.69) is 86.8 Å². The smallest absolute Gasteiger partial charge is 0.306 e. The van der Waals surface area contributed by atoms with Gasteiger partial charge in [-0.1, -0.05) is 91.5 Å². The van der Waals surface area contributed by atoms with Gasteiger partial charge in [-0.3, -0.25) is 9.59 Å². The summed E-state index contributed by atoms with van der Waals surface area (Å²) in [6.45, 7) is 4.37. The lowest BCUT2D eigenvalue weighted by Crippen LogP contribution is -2.40. The molecule has 1 aliphatic heterocycles. The van der Waals surface area contributed by atoms with E-state index in [9.17, 15) is 9.59 Å². The SMILES string of the molecule is CC/C=C\C/C=C\C/C=C\C/C=C\C/C=C\C/C=C\CCC(=O)OC[C@@H]1C=CC(=O)[C@@H](C2CCCC=C2C)O1. The second-order valence-electron chi connectivity index (χ2n) is 9.98. The average Bonchev–Trinajstić information content (AvgIpc) is 2.94. The average molecular weight is 533 g/mol. The van der Waals surface area contributed by atoms with Gasteiger partial charge in [0, 0.05) is 12.3 Å². The van der Waals surface area contributed by atoms with Gasteiger partial charge in [0.05, 0.1) is 0 Å². The quantitative estimate of drug-likeness (QED) is 0.139. The number of ether oxygens (including phenoxy) is 2. The number of esters is 1. The predicted octanol–water partition coefficient (Wildman–Crippen LogP) is 8.65. The van der Waals surface area contributed by atoms with E-state index in [0.717, 1.165) is 57.8 Å². The van der Waals surface area contributed by atoms with Gasteiger partial charge in [0.2, 0.25) is 0 Å². The lowest BCUT2D eigenvalue weighted by molar-refractivity contribution is -0.151. The largest absolute Gasteiger partial charge is 0.463 e. The minimum Gasteiger partial charge on any atom is -0.463 e. The maximum absolute atomic E-state index is 12.4. The van der Waals surface area contributed by atoms with Crippen LogP contribution in [0.25, 0.3) is 0 Å². The third-order valence-corrected chi connectivity index (χ3v) is 6.73. The van der Waals surface area contributed by atoms with Crippen molar-refractivity contribution in [1.29, 1.82) is 0 Å². The molecule has 0 radical (unpaired) electrons. The molecule has 1 aliphatic carbocycles. The van der Waals surface area contributed by atoms with Crippen LogP contribution in [0.5, 0.6) is 0 Å².